The van der Waals surface area contributed by atoms with Crippen molar-refractivity contribution < 1.29 is 4.79 Å². The molecule has 104 valence electrons. The predicted molar refractivity (Wildman–Crippen MR) is 85.2 cm³/mol. The third kappa shape index (κ3) is 2.21. The maximum absolute atomic E-state index is 11.1. The van der Waals surface area contributed by atoms with E-state index in [1.807, 2.05) is 6.07 Å². The van der Waals surface area contributed by atoms with Gasteiger partial charge >= 0.3 is 7.41 Å². The average Bonchev–Trinajstić information content (AvgIpc) is 2.82. The standard InChI is InChI=1S/C12H14BClN4OS/c1-6(2)11-16-17(5-10(15)19)13-8-3-7-4-9(14)20-12(7)18(8)11/h3-4,6,13H,5H2,1-2H3,(H2,15,19). The SMILES string of the molecule is CC(C)C1=NN(CC(N)=O)Bc2cc3cc(Cl)sc3n21. The van der Waals surface area contributed by atoms with Crippen LogP contribution in [-0.4, -0.2) is 35.2 Å². The first kappa shape index (κ1) is 13.5. The van der Waals surface area contributed by atoms with E-state index in [9.17, 15) is 4.79 Å². The van der Waals surface area contributed by atoms with Gasteiger partial charge < -0.3 is 10.7 Å². The molecular weight excluding hydrogens is 294 g/mol. The van der Waals surface area contributed by atoms with Gasteiger partial charge in [0.05, 0.1) is 4.34 Å². The molecule has 0 saturated heterocycles. The highest BCUT2D eigenvalue weighted by Crippen LogP contribution is 2.30. The number of nitrogens with zero attached hydrogens (tertiary/aromatic N) is 3. The molecule has 0 atom stereocenters. The van der Waals surface area contributed by atoms with Gasteiger partial charge in [0.25, 0.3) is 0 Å². The maximum atomic E-state index is 11.1. The molecule has 2 aromatic rings. The highest BCUT2D eigenvalue weighted by atomic mass is 35.5. The van der Waals surface area contributed by atoms with Gasteiger partial charge in [-0.3, -0.25) is 9.36 Å². The molecule has 3 heterocycles. The van der Waals surface area contributed by atoms with Gasteiger partial charge in [-0.25, -0.2) is 0 Å². The minimum atomic E-state index is -0.373. The van der Waals surface area contributed by atoms with Crippen LogP contribution in [0.3, 0.4) is 0 Å². The molecule has 0 aliphatic carbocycles. The lowest BCUT2D eigenvalue weighted by atomic mass is 9.86. The van der Waals surface area contributed by atoms with Gasteiger partial charge in [0.1, 0.15) is 17.2 Å². The fourth-order valence-electron chi connectivity index (χ4n) is 2.44. The van der Waals surface area contributed by atoms with Crippen molar-refractivity contribution in [3.8, 4) is 0 Å². The van der Waals surface area contributed by atoms with Crippen molar-refractivity contribution in [1.82, 2.24) is 9.49 Å². The van der Waals surface area contributed by atoms with Crippen LogP contribution >= 0.6 is 22.9 Å². The van der Waals surface area contributed by atoms with E-state index < -0.39 is 0 Å². The smallest absolute Gasteiger partial charge is 0.311 e. The molecule has 0 fully saturated rings. The monoisotopic (exact) mass is 308 g/mol. The molecule has 1 aliphatic heterocycles. The van der Waals surface area contributed by atoms with E-state index in [-0.39, 0.29) is 18.4 Å². The zero-order chi connectivity index (χ0) is 14.4. The van der Waals surface area contributed by atoms with Crippen molar-refractivity contribution in [3.63, 3.8) is 0 Å². The Morgan fingerprint density at radius 2 is 2.30 bits per heavy atom. The summed E-state index contributed by atoms with van der Waals surface area (Å²) >= 11 is 7.63. The van der Waals surface area contributed by atoms with Gasteiger partial charge in [0.15, 0.2) is 0 Å². The highest BCUT2D eigenvalue weighted by molar-refractivity contribution is 7.22. The molecule has 0 aromatic carbocycles. The van der Waals surface area contributed by atoms with Gasteiger partial charge in [-0.05, 0) is 12.1 Å². The molecule has 0 bridgehead atoms. The number of hydrogen-bond donors (Lipinski definition) is 1. The molecule has 8 heteroatoms. The number of halogens is 1. The fourth-order valence-corrected chi connectivity index (χ4v) is 3.69. The molecular formula is C12H14BClN4OS. The molecule has 0 unspecified atom stereocenters. The van der Waals surface area contributed by atoms with Crippen molar-refractivity contribution in [3.05, 3.63) is 16.5 Å². The second-order valence-corrected chi connectivity index (χ2v) is 6.85. The van der Waals surface area contributed by atoms with Crippen molar-refractivity contribution in [1.29, 1.82) is 0 Å². The van der Waals surface area contributed by atoms with Gasteiger partial charge in [0, 0.05) is 16.9 Å². The minimum absolute atomic E-state index is 0.135. The third-order valence-corrected chi connectivity index (χ3v) is 4.46. The van der Waals surface area contributed by atoms with E-state index in [1.165, 1.54) is 0 Å². The van der Waals surface area contributed by atoms with Crippen LogP contribution in [0.15, 0.2) is 17.2 Å². The van der Waals surface area contributed by atoms with E-state index in [0.29, 0.717) is 7.41 Å². The van der Waals surface area contributed by atoms with Crippen LogP contribution in [0.2, 0.25) is 4.34 Å². The summed E-state index contributed by atoms with van der Waals surface area (Å²) < 4.78 is 2.92. The summed E-state index contributed by atoms with van der Waals surface area (Å²) in [6.07, 6.45) is 0. The molecule has 5 nitrogen and oxygen atoms in total. The number of nitrogens with two attached hydrogens (primary N) is 1. The molecule has 0 radical (unpaired) electrons. The number of fused-ring (bicyclic) bond motifs is 3. The largest absolute Gasteiger partial charge is 0.368 e. The summed E-state index contributed by atoms with van der Waals surface area (Å²) in [6, 6.07) is 4.06. The Balaban J connectivity index is 2.12. The number of hydrogen-bond acceptors (Lipinski definition) is 4. The Labute approximate surface area is 126 Å². The molecule has 1 amide bonds. The fraction of sp³-hybridized carbons (Fsp3) is 0.333. The quantitative estimate of drug-likeness (QED) is 0.858. The van der Waals surface area contributed by atoms with E-state index >= 15 is 0 Å². The molecule has 20 heavy (non-hydrogen) atoms. The second-order valence-electron chi connectivity index (χ2n) is 5.18. The number of rotatable bonds is 3. The number of amides is 1. The first-order valence-electron chi connectivity index (χ1n) is 6.37. The Bertz CT molecular complexity index is 720. The van der Waals surface area contributed by atoms with Crippen LogP contribution in [0, 0.1) is 5.92 Å². The van der Waals surface area contributed by atoms with E-state index in [2.05, 4.69) is 29.6 Å². The molecule has 2 N–H and O–H groups in total. The number of thiophene rings is 1. The Morgan fingerprint density at radius 1 is 1.55 bits per heavy atom. The topological polar surface area (TPSA) is 63.6 Å². The summed E-state index contributed by atoms with van der Waals surface area (Å²) in [5, 5.41) is 5.69. The maximum Gasteiger partial charge on any atom is 0.311 e. The summed E-state index contributed by atoms with van der Waals surface area (Å²) in [7, 11) is 0.582. The van der Waals surface area contributed by atoms with Crippen LogP contribution < -0.4 is 11.3 Å². The average molecular weight is 309 g/mol. The number of aromatic nitrogens is 1. The minimum Gasteiger partial charge on any atom is -0.368 e. The molecule has 2 aromatic heterocycles. The number of carbonyl (C=O) groups excluding carboxylic acids is 1. The molecule has 1 aliphatic rings. The number of primary amides is 1. The summed E-state index contributed by atoms with van der Waals surface area (Å²) in [5.74, 6) is 0.781. The molecule has 0 spiro atoms. The lowest BCUT2D eigenvalue weighted by Gasteiger charge is -2.27. The van der Waals surface area contributed by atoms with Crippen molar-refractivity contribution >= 4 is 57.9 Å². The van der Waals surface area contributed by atoms with E-state index in [4.69, 9.17) is 17.3 Å². The zero-order valence-corrected chi connectivity index (χ0v) is 12.8. The van der Waals surface area contributed by atoms with Gasteiger partial charge in [0.2, 0.25) is 5.91 Å². The Morgan fingerprint density at radius 3 is 2.95 bits per heavy atom. The van der Waals surface area contributed by atoms with Gasteiger partial charge in [-0.15, -0.1) is 11.3 Å². The van der Waals surface area contributed by atoms with Crippen LogP contribution in [0.25, 0.3) is 10.2 Å². The predicted octanol–water partition coefficient (Wildman–Crippen LogP) is 0.952. The van der Waals surface area contributed by atoms with Crippen LogP contribution in [-0.2, 0) is 4.79 Å². The van der Waals surface area contributed by atoms with E-state index in [1.54, 1.807) is 16.3 Å². The van der Waals surface area contributed by atoms with Crippen molar-refractivity contribution in [2.45, 2.75) is 13.8 Å². The van der Waals surface area contributed by atoms with Crippen LogP contribution in [0.4, 0.5) is 0 Å². The van der Waals surface area contributed by atoms with Gasteiger partial charge in [-0.2, -0.15) is 5.10 Å². The molecule has 3 rings (SSSR count). The first-order chi connectivity index (χ1) is 9.45. The van der Waals surface area contributed by atoms with Crippen LogP contribution in [0.5, 0.6) is 0 Å². The van der Waals surface area contributed by atoms with Crippen molar-refractivity contribution in [2.24, 2.45) is 16.8 Å². The number of carbonyl (C=O) groups is 1. The zero-order valence-electron chi connectivity index (χ0n) is 11.3. The summed E-state index contributed by atoms with van der Waals surface area (Å²) in [6.45, 7) is 4.30. The Kier molecular flexibility index (Phi) is 3.26. The second kappa shape index (κ2) is 4.82. The van der Waals surface area contributed by atoms with E-state index in [0.717, 1.165) is 26.0 Å². The molecule has 0 saturated carbocycles. The summed E-state index contributed by atoms with van der Waals surface area (Å²) in [5.41, 5.74) is 6.38. The lowest BCUT2D eigenvalue weighted by Crippen LogP contribution is -2.48. The van der Waals surface area contributed by atoms with Gasteiger partial charge in [-0.1, -0.05) is 25.4 Å². The number of hydrazone groups is 1. The summed E-state index contributed by atoms with van der Waals surface area (Å²) in [4.78, 5) is 13.9. The Hall–Kier alpha value is -1.47. The highest BCUT2D eigenvalue weighted by Gasteiger charge is 2.26. The lowest BCUT2D eigenvalue weighted by molar-refractivity contribution is -0.118. The first-order valence-corrected chi connectivity index (χ1v) is 7.57. The third-order valence-electron chi connectivity index (χ3n) is 3.19. The van der Waals surface area contributed by atoms with Crippen molar-refractivity contribution in [2.75, 3.05) is 6.54 Å². The normalized spacial score (nSPS) is 14.4. The van der Waals surface area contributed by atoms with Crippen LogP contribution in [0.1, 0.15) is 13.8 Å².